The molecule has 1 rings (SSSR count). The molecule has 0 aliphatic carbocycles. The summed E-state index contributed by atoms with van der Waals surface area (Å²) in [6, 6.07) is 8.07. The van der Waals surface area contributed by atoms with E-state index in [9.17, 15) is 0 Å². The Morgan fingerprint density at radius 2 is 1.80 bits per heavy atom. The summed E-state index contributed by atoms with van der Waals surface area (Å²) >= 11 is 1.45. The van der Waals surface area contributed by atoms with Gasteiger partial charge >= 0.3 is 71.8 Å². The van der Waals surface area contributed by atoms with Crippen LogP contribution in [0.15, 0.2) is 24.3 Å². The normalized spacial score (nSPS) is 8.80. The SMILES string of the molecule is [CH-]=Cc1ccccc1[CH]=[W]. The van der Waals surface area contributed by atoms with E-state index in [0.29, 0.717) is 0 Å². The summed E-state index contributed by atoms with van der Waals surface area (Å²) in [5.74, 6) is 0. The van der Waals surface area contributed by atoms with Crippen LogP contribution < -0.4 is 0 Å². The zero-order valence-electron chi connectivity index (χ0n) is 5.45. The number of hydrogen-bond donors (Lipinski definition) is 0. The Balaban J connectivity index is 3.20. The molecule has 0 radical (unpaired) electrons. The van der Waals surface area contributed by atoms with Crippen LogP contribution in [0, 0.1) is 6.58 Å². The molecule has 0 N–H and O–H groups in total. The molecule has 1 heteroatoms. The third-order valence-corrected chi connectivity index (χ3v) is 2.21. The second-order valence-corrected chi connectivity index (χ2v) is 2.76. The summed E-state index contributed by atoms with van der Waals surface area (Å²) in [7, 11) is 0. The summed E-state index contributed by atoms with van der Waals surface area (Å²) in [5, 5.41) is 0. The van der Waals surface area contributed by atoms with Gasteiger partial charge in [0.25, 0.3) is 0 Å². The third kappa shape index (κ3) is 1.52. The average molecular weight is 299 g/mol. The van der Waals surface area contributed by atoms with Gasteiger partial charge in [0, 0.05) is 0 Å². The molecule has 0 spiro atoms. The first-order valence-corrected chi connectivity index (χ1v) is 4.67. The van der Waals surface area contributed by atoms with E-state index >= 15 is 0 Å². The van der Waals surface area contributed by atoms with Gasteiger partial charge in [-0.1, -0.05) is 0 Å². The Kier molecular flexibility index (Phi) is 2.77. The minimum atomic E-state index is 1.11. The molecule has 0 amide bonds. The van der Waals surface area contributed by atoms with Crippen LogP contribution in [0.2, 0.25) is 0 Å². The molecule has 0 atom stereocenters. The van der Waals surface area contributed by atoms with Gasteiger partial charge in [0.1, 0.15) is 0 Å². The van der Waals surface area contributed by atoms with Crippen molar-refractivity contribution < 1.29 is 19.4 Å². The van der Waals surface area contributed by atoms with Crippen molar-refractivity contribution in [2.45, 2.75) is 0 Å². The molecule has 0 unspecified atom stereocenters. The summed E-state index contributed by atoms with van der Waals surface area (Å²) in [6.07, 6.45) is 1.63. The molecule has 0 aliphatic rings. The number of rotatable bonds is 2. The van der Waals surface area contributed by atoms with Gasteiger partial charge in [-0.15, -0.1) is 0 Å². The van der Waals surface area contributed by atoms with Gasteiger partial charge in [0.2, 0.25) is 0 Å². The Hall–Kier alpha value is -0.482. The molecular weight excluding hydrogens is 292 g/mol. The first-order chi connectivity index (χ1) is 4.88. The number of benzene rings is 1. The molecule has 10 heavy (non-hydrogen) atoms. The molecule has 0 saturated carbocycles. The van der Waals surface area contributed by atoms with Crippen LogP contribution >= 0.6 is 0 Å². The van der Waals surface area contributed by atoms with E-state index in [0.717, 1.165) is 5.56 Å². The Bertz CT molecular complexity index is 224. The van der Waals surface area contributed by atoms with Crippen LogP contribution in [-0.2, 0) is 19.4 Å². The molecular formula is C9H7W-. The van der Waals surface area contributed by atoms with Crippen molar-refractivity contribution in [2.75, 3.05) is 0 Å². The van der Waals surface area contributed by atoms with E-state index in [1.165, 1.54) is 24.9 Å². The third-order valence-electron chi connectivity index (χ3n) is 1.30. The van der Waals surface area contributed by atoms with Crippen LogP contribution in [-0.4, -0.2) is 4.40 Å². The van der Waals surface area contributed by atoms with E-state index in [2.05, 4.69) is 10.5 Å². The van der Waals surface area contributed by atoms with Crippen molar-refractivity contribution in [1.82, 2.24) is 0 Å². The Labute approximate surface area is 72.0 Å². The fourth-order valence-corrected chi connectivity index (χ4v) is 1.54. The van der Waals surface area contributed by atoms with Crippen LogP contribution in [0.4, 0.5) is 0 Å². The van der Waals surface area contributed by atoms with Gasteiger partial charge in [-0.25, -0.2) is 0 Å². The first kappa shape index (κ1) is 7.62. The number of hydrogen-bond acceptors (Lipinski definition) is 0. The summed E-state index contributed by atoms with van der Waals surface area (Å²) in [4.78, 5) is 0. The van der Waals surface area contributed by atoms with Crippen molar-refractivity contribution in [1.29, 1.82) is 0 Å². The standard InChI is InChI=1S/C9H7.W/c1-3-9-7-5-4-6-8(9)2;/h1-7H;/q-1;. The Morgan fingerprint density at radius 1 is 1.20 bits per heavy atom. The monoisotopic (exact) mass is 299 g/mol. The second kappa shape index (κ2) is 3.63. The first-order valence-electron chi connectivity index (χ1n) is 2.97. The summed E-state index contributed by atoms with van der Waals surface area (Å²) in [5.41, 5.74) is 2.33. The molecule has 1 aromatic carbocycles. The van der Waals surface area contributed by atoms with Crippen LogP contribution in [0.1, 0.15) is 11.1 Å². The van der Waals surface area contributed by atoms with Gasteiger partial charge in [-0.3, -0.25) is 0 Å². The van der Waals surface area contributed by atoms with E-state index in [-0.39, 0.29) is 0 Å². The minimum absolute atomic E-state index is 1.11. The molecule has 0 fully saturated rings. The van der Waals surface area contributed by atoms with Crippen LogP contribution in [0.5, 0.6) is 0 Å². The summed E-state index contributed by atoms with van der Waals surface area (Å²) < 4.78 is 2.12. The Morgan fingerprint density at radius 3 is 2.20 bits per heavy atom. The summed E-state index contributed by atoms with van der Waals surface area (Å²) in [6.45, 7) is 5.39. The van der Waals surface area contributed by atoms with Crippen molar-refractivity contribution in [3.63, 3.8) is 0 Å². The predicted molar refractivity (Wildman–Crippen MR) is 40.4 cm³/mol. The van der Waals surface area contributed by atoms with E-state index < -0.39 is 0 Å². The predicted octanol–water partition coefficient (Wildman–Crippen LogP) is 1.83. The fourth-order valence-electron chi connectivity index (χ4n) is 0.770. The molecule has 1 aromatic rings. The zero-order chi connectivity index (χ0) is 7.40. The van der Waals surface area contributed by atoms with Gasteiger partial charge in [-0.2, -0.15) is 0 Å². The molecule has 0 nitrogen and oxygen atoms in total. The van der Waals surface area contributed by atoms with Crippen molar-refractivity contribution in [2.24, 2.45) is 0 Å². The van der Waals surface area contributed by atoms with Crippen LogP contribution in [0.3, 0.4) is 0 Å². The fraction of sp³-hybridized carbons (Fsp3) is 0. The molecule has 0 heterocycles. The molecule has 0 bridgehead atoms. The topological polar surface area (TPSA) is 0 Å². The molecule has 0 aromatic heterocycles. The molecule has 0 saturated heterocycles. The second-order valence-electron chi connectivity index (χ2n) is 1.91. The maximum absolute atomic E-state index is 5.39. The van der Waals surface area contributed by atoms with Crippen molar-refractivity contribution in [3.05, 3.63) is 42.0 Å². The van der Waals surface area contributed by atoms with Gasteiger partial charge in [-0.05, 0) is 0 Å². The molecule has 0 aliphatic heterocycles. The van der Waals surface area contributed by atoms with E-state index in [4.69, 9.17) is 6.58 Å². The van der Waals surface area contributed by atoms with E-state index in [1.807, 2.05) is 18.2 Å². The van der Waals surface area contributed by atoms with Crippen LogP contribution in [0.25, 0.3) is 6.08 Å². The average Bonchev–Trinajstić information content (AvgIpc) is 2.04. The van der Waals surface area contributed by atoms with Gasteiger partial charge in [0.05, 0.1) is 0 Å². The maximum atomic E-state index is 5.39. The van der Waals surface area contributed by atoms with Gasteiger partial charge < -0.3 is 0 Å². The zero-order valence-corrected chi connectivity index (χ0v) is 8.38. The molecule has 50 valence electrons. The van der Waals surface area contributed by atoms with E-state index in [1.54, 1.807) is 6.08 Å². The van der Waals surface area contributed by atoms with Crippen molar-refractivity contribution in [3.8, 4) is 0 Å². The van der Waals surface area contributed by atoms with Crippen molar-refractivity contribution >= 4 is 10.5 Å². The van der Waals surface area contributed by atoms with Gasteiger partial charge in [0.15, 0.2) is 0 Å². The quantitative estimate of drug-likeness (QED) is 0.731.